The first kappa shape index (κ1) is 24.3. The molecule has 1 aromatic carbocycles. The number of amides is 1. The van der Waals surface area contributed by atoms with Crippen LogP contribution in [-0.2, 0) is 27.4 Å². The molecule has 0 saturated heterocycles. The van der Waals surface area contributed by atoms with Crippen molar-refractivity contribution in [3.05, 3.63) is 45.8 Å². The maximum Gasteiger partial charge on any atom is 0.302 e. The van der Waals surface area contributed by atoms with Gasteiger partial charge in [0.2, 0.25) is 5.91 Å². The van der Waals surface area contributed by atoms with Gasteiger partial charge in [-0.15, -0.1) is 0 Å². The number of nitrogens with zero attached hydrogens (tertiary/aromatic N) is 1. The summed E-state index contributed by atoms with van der Waals surface area (Å²) in [5, 5.41) is 7.58. The summed E-state index contributed by atoms with van der Waals surface area (Å²) in [5.41, 5.74) is 3.39. The van der Waals surface area contributed by atoms with Crippen molar-refractivity contribution in [2.24, 2.45) is 11.3 Å². The molecule has 0 atom stereocenters. The average Bonchev–Trinajstić information content (AvgIpc) is 3.04. The predicted molar refractivity (Wildman–Crippen MR) is 125 cm³/mol. The monoisotopic (exact) mass is 460 g/mol. The van der Waals surface area contributed by atoms with Crippen molar-refractivity contribution in [3.8, 4) is 0 Å². The summed E-state index contributed by atoms with van der Waals surface area (Å²) in [6.07, 6.45) is 3.89. The summed E-state index contributed by atoms with van der Waals surface area (Å²) in [6.45, 7) is 10.2. The van der Waals surface area contributed by atoms with Crippen molar-refractivity contribution in [1.82, 2.24) is 5.16 Å². The first-order valence-corrected chi connectivity index (χ1v) is 11.6. The number of rotatable bonds is 8. The van der Waals surface area contributed by atoms with Gasteiger partial charge in [0.05, 0.1) is 22.0 Å². The standard InChI is InChI=1S/C25H33ClN2O4/c1-15-6-7-22(20(26)10-15)27-23(30)9-8-21-19(14-31-16(2)29)24(32-28-21)18-11-17(12-18)13-25(3,4)5/h6-7,10,17-18H,8-9,11-14H2,1-5H3,(H,27,30). The molecule has 6 nitrogen and oxygen atoms in total. The second-order valence-corrected chi connectivity index (χ2v) is 10.5. The Bertz CT molecular complexity index is 971. The van der Waals surface area contributed by atoms with Gasteiger partial charge in [0.15, 0.2) is 0 Å². The van der Waals surface area contributed by atoms with E-state index in [-0.39, 0.29) is 30.8 Å². The molecule has 1 amide bonds. The molecule has 32 heavy (non-hydrogen) atoms. The number of nitrogens with one attached hydrogen (secondary N) is 1. The molecule has 0 unspecified atom stereocenters. The number of benzene rings is 1. The van der Waals surface area contributed by atoms with Crippen LogP contribution in [0.15, 0.2) is 22.7 Å². The highest BCUT2D eigenvalue weighted by Gasteiger charge is 2.37. The molecule has 1 saturated carbocycles. The highest BCUT2D eigenvalue weighted by molar-refractivity contribution is 6.33. The molecule has 174 valence electrons. The molecule has 1 heterocycles. The molecular formula is C25H33ClN2O4. The normalized spacial score (nSPS) is 18.2. The fraction of sp³-hybridized carbons (Fsp3) is 0.560. The molecule has 2 aromatic rings. The Balaban J connectivity index is 1.64. The van der Waals surface area contributed by atoms with E-state index in [0.29, 0.717) is 34.2 Å². The van der Waals surface area contributed by atoms with Crippen molar-refractivity contribution in [2.45, 2.75) is 79.2 Å². The van der Waals surface area contributed by atoms with Gasteiger partial charge in [-0.25, -0.2) is 0 Å². The zero-order valence-electron chi connectivity index (χ0n) is 19.6. The van der Waals surface area contributed by atoms with Gasteiger partial charge in [0.1, 0.15) is 12.4 Å². The number of aromatic nitrogens is 1. The van der Waals surface area contributed by atoms with Crippen LogP contribution >= 0.6 is 11.6 Å². The third-order valence-corrected chi connectivity index (χ3v) is 6.13. The quantitative estimate of drug-likeness (QED) is 0.474. The van der Waals surface area contributed by atoms with Crippen LogP contribution in [0.25, 0.3) is 0 Å². The zero-order valence-corrected chi connectivity index (χ0v) is 20.3. The van der Waals surface area contributed by atoms with Gasteiger partial charge in [0, 0.05) is 25.7 Å². The Morgan fingerprint density at radius 3 is 2.62 bits per heavy atom. The number of hydrogen-bond donors (Lipinski definition) is 1. The lowest BCUT2D eigenvalue weighted by molar-refractivity contribution is -0.142. The molecule has 0 spiro atoms. The molecule has 7 heteroatoms. The van der Waals surface area contributed by atoms with Gasteiger partial charge in [-0.2, -0.15) is 0 Å². The molecule has 1 N–H and O–H groups in total. The van der Waals surface area contributed by atoms with E-state index in [1.54, 1.807) is 6.07 Å². The van der Waals surface area contributed by atoms with Gasteiger partial charge in [0.25, 0.3) is 0 Å². The first-order valence-electron chi connectivity index (χ1n) is 11.2. The van der Waals surface area contributed by atoms with Gasteiger partial charge in [-0.3, -0.25) is 9.59 Å². The first-order chi connectivity index (χ1) is 15.0. The minimum absolute atomic E-state index is 0.120. The van der Waals surface area contributed by atoms with Crippen molar-refractivity contribution >= 4 is 29.2 Å². The van der Waals surface area contributed by atoms with Crippen LogP contribution in [0.2, 0.25) is 5.02 Å². The molecule has 0 bridgehead atoms. The fourth-order valence-corrected chi connectivity index (χ4v) is 4.63. The Morgan fingerprint density at radius 2 is 2.00 bits per heavy atom. The van der Waals surface area contributed by atoms with Gasteiger partial charge < -0.3 is 14.6 Å². The number of aryl methyl sites for hydroxylation is 2. The summed E-state index contributed by atoms with van der Waals surface area (Å²) in [6, 6.07) is 5.50. The number of carbonyl (C=O) groups is 2. The summed E-state index contributed by atoms with van der Waals surface area (Å²) in [4.78, 5) is 23.9. The third-order valence-electron chi connectivity index (χ3n) is 5.81. The van der Waals surface area contributed by atoms with Crippen molar-refractivity contribution in [2.75, 3.05) is 5.32 Å². The SMILES string of the molecule is CC(=O)OCc1c(CCC(=O)Nc2ccc(C)cc2Cl)noc1C1CC(CC(C)(C)C)C1. The Morgan fingerprint density at radius 1 is 1.28 bits per heavy atom. The predicted octanol–water partition coefficient (Wildman–Crippen LogP) is 6.20. The molecule has 0 aliphatic heterocycles. The van der Waals surface area contributed by atoms with Crippen LogP contribution in [0.5, 0.6) is 0 Å². The topological polar surface area (TPSA) is 81.4 Å². The van der Waals surface area contributed by atoms with E-state index in [4.69, 9.17) is 20.9 Å². The number of esters is 1. The summed E-state index contributed by atoms with van der Waals surface area (Å²) < 4.78 is 11.0. The van der Waals surface area contributed by atoms with Crippen LogP contribution < -0.4 is 5.32 Å². The highest BCUT2D eigenvalue weighted by Crippen LogP contribution is 2.48. The van der Waals surface area contributed by atoms with E-state index in [9.17, 15) is 9.59 Å². The van der Waals surface area contributed by atoms with E-state index in [1.165, 1.54) is 13.3 Å². The van der Waals surface area contributed by atoms with Gasteiger partial charge in [-0.1, -0.05) is 43.6 Å². The lowest BCUT2D eigenvalue weighted by Gasteiger charge is -2.38. The maximum atomic E-state index is 12.5. The van der Waals surface area contributed by atoms with E-state index in [2.05, 4.69) is 31.2 Å². The number of carbonyl (C=O) groups excluding carboxylic acids is 2. The van der Waals surface area contributed by atoms with Crippen LogP contribution in [-0.4, -0.2) is 17.0 Å². The number of ether oxygens (including phenoxy) is 1. The Kier molecular flexibility index (Phi) is 7.65. The second-order valence-electron chi connectivity index (χ2n) is 10.1. The van der Waals surface area contributed by atoms with Crippen molar-refractivity contribution in [3.63, 3.8) is 0 Å². The lowest BCUT2D eigenvalue weighted by Crippen LogP contribution is -2.26. The summed E-state index contributed by atoms with van der Waals surface area (Å²) >= 11 is 6.21. The molecule has 1 aliphatic carbocycles. The van der Waals surface area contributed by atoms with Crippen LogP contribution in [0.3, 0.4) is 0 Å². The van der Waals surface area contributed by atoms with Crippen molar-refractivity contribution < 1.29 is 18.8 Å². The Hall–Kier alpha value is -2.34. The third kappa shape index (κ3) is 6.58. The van der Waals surface area contributed by atoms with E-state index >= 15 is 0 Å². The number of halogens is 1. The van der Waals surface area contributed by atoms with Crippen LogP contribution in [0.1, 0.15) is 81.9 Å². The van der Waals surface area contributed by atoms with Crippen LogP contribution in [0, 0.1) is 18.3 Å². The van der Waals surface area contributed by atoms with Crippen molar-refractivity contribution in [1.29, 1.82) is 0 Å². The summed E-state index contributed by atoms with van der Waals surface area (Å²) in [5.74, 6) is 1.24. The molecular weight excluding hydrogens is 428 g/mol. The molecule has 1 aromatic heterocycles. The smallest absolute Gasteiger partial charge is 0.302 e. The Labute approximate surface area is 195 Å². The molecule has 0 radical (unpaired) electrons. The van der Waals surface area contributed by atoms with E-state index in [0.717, 1.165) is 29.7 Å². The average molecular weight is 461 g/mol. The van der Waals surface area contributed by atoms with E-state index < -0.39 is 0 Å². The minimum Gasteiger partial charge on any atom is -0.461 e. The minimum atomic E-state index is -0.353. The van der Waals surface area contributed by atoms with E-state index in [1.807, 2.05) is 19.1 Å². The highest BCUT2D eigenvalue weighted by atomic mass is 35.5. The maximum absolute atomic E-state index is 12.5. The molecule has 1 fully saturated rings. The number of hydrogen-bond acceptors (Lipinski definition) is 5. The molecule has 3 rings (SSSR count). The summed E-state index contributed by atoms with van der Waals surface area (Å²) in [7, 11) is 0. The number of anilines is 1. The van der Waals surface area contributed by atoms with Crippen LogP contribution in [0.4, 0.5) is 5.69 Å². The second kappa shape index (κ2) is 10.1. The van der Waals surface area contributed by atoms with Gasteiger partial charge in [-0.05, 0) is 55.2 Å². The largest absolute Gasteiger partial charge is 0.461 e. The lowest BCUT2D eigenvalue weighted by atomic mass is 9.67. The zero-order chi connectivity index (χ0) is 23.5. The fourth-order valence-electron chi connectivity index (χ4n) is 4.35. The molecule has 1 aliphatic rings. The van der Waals surface area contributed by atoms with Gasteiger partial charge >= 0.3 is 5.97 Å².